The van der Waals surface area contributed by atoms with Gasteiger partial charge in [0, 0.05) is 8.47 Å². The maximum Gasteiger partial charge on any atom is 0.154 e. The zero-order valence-electron chi connectivity index (χ0n) is 5.31. The second kappa shape index (κ2) is 3.41. The molecule has 0 bridgehead atoms. The Morgan fingerprint density at radius 3 is 2.73 bits per heavy atom. The van der Waals surface area contributed by atoms with Crippen molar-refractivity contribution in [2.75, 3.05) is 0 Å². The predicted octanol–water partition coefficient (Wildman–Crippen LogP) is 2.59. The molecule has 0 aliphatic heterocycles. The number of nitrogens with zero attached hydrogens (tertiary/aromatic N) is 1. The maximum absolute atomic E-state index is 12.9. The number of hydrogen-bond acceptors (Lipinski definition) is 2. The zero-order valence-corrected chi connectivity index (χ0v) is 8.36. The van der Waals surface area contributed by atoms with Crippen molar-refractivity contribution in [3.05, 3.63) is 27.1 Å². The fourth-order valence-electron chi connectivity index (χ4n) is 0.656. The second-order valence-electron chi connectivity index (χ2n) is 1.90. The smallest absolute Gasteiger partial charge is 0.154 e. The summed E-state index contributed by atoms with van der Waals surface area (Å²) in [6.07, 6.45) is 0. The van der Waals surface area contributed by atoms with Crippen LogP contribution in [0.3, 0.4) is 0 Å². The lowest BCUT2D eigenvalue weighted by molar-refractivity contribution is 0.598. The van der Waals surface area contributed by atoms with Crippen molar-refractivity contribution in [1.29, 1.82) is 5.26 Å². The van der Waals surface area contributed by atoms with Crippen molar-refractivity contribution in [3.8, 4) is 6.07 Å². The SMILES string of the molecule is N#Cc1cc(I)cc(S)c1F. The van der Waals surface area contributed by atoms with Crippen LogP contribution in [0, 0.1) is 20.7 Å². The van der Waals surface area contributed by atoms with Crippen LogP contribution in [0.5, 0.6) is 0 Å². The van der Waals surface area contributed by atoms with Crippen molar-refractivity contribution in [2.24, 2.45) is 0 Å². The summed E-state index contributed by atoms with van der Waals surface area (Å²) in [6.45, 7) is 0. The molecule has 0 unspecified atom stereocenters. The quantitative estimate of drug-likeness (QED) is 0.572. The Hall–Kier alpha value is -0.280. The summed E-state index contributed by atoms with van der Waals surface area (Å²) in [6, 6.07) is 4.80. The first-order valence-corrected chi connectivity index (χ1v) is 4.26. The average molecular weight is 279 g/mol. The molecule has 0 amide bonds. The van der Waals surface area contributed by atoms with E-state index in [4.69, 9.17) is 5.26 Å². The second-order valence-corrected chi connectivity index (χ2v) is 3.63. The number of thiol groups is 1. The van der Waals surface area contributed by atoms with Crippen LogP contribution >= 0.6 is 35.2 Å². The van der Waals surface area contributed by atoms with Gasteiger partial charge >= 0.3 is 0 Å². The standard InChI is InChI=1S/C7H3FINS/c8-7-4(3-10)1-5(9)2-6(7)11/h1-2,11H. The third-order valence-corrected chi connectivity index (χ3v) is 2.09. The zero-order chi connectivity index (χ0) is 8.43. The van der Waals surface area contributed by atoms with Gasteiger partial charge in [-0.2, -0.15) is 5.26 Å². The van der Waals surface area contributed by atoms with Crippen LogP contribution in [0.4, 0.5) is 4.39 Å². The lowest BCUT2D eigenvalue weighted by Gasteiger charge is -1.97. The Bertz CT molecular complexity index is 332. The Balaban J connectivity index is 3.39. The van der Waals surface area contributed by atoms with Crippen LogP contribution in [-0.4, -0.2) is 0 Å². The number of halogens is 2. The average Bonchev–Trinajstić information content (AvgIpc) is 1.96. The maximum atomic E-state index is 12.9. The normalized spacial score (nSPS) is 9.27. The van der Waals surface area contributed by atoms with E-state index in [0.717, 1.165) is 3.57 Å². The summed E-state index contributed by atoms with van der Waals surface area (Å²) in [4.78, 5) is 0.216. The van der Waals surface area contributed by atoms with Crippen LogP contribution in [0.2, 0.25) is 0 Å². The van der Waals surface area contributed by atoms with E-state index in [1.165, 1.54) is 6.07 Å². The van der Waals surface area contributed by atoms with E-state index in [-0.39, 0.29) is 10.5 Å². The fourth-order valence-corrected chi connectivity index (χ4v) is 1.78. The summed E-state index contributed by atoms with van der Waals surface area (Å²) in [7, 11) is 0. The van der Waals surface area contributed by atoms with Crippen molar-refractivity contribution in [1.82, 2.24) is 0 Å². The molecule has 0 aromatic heterocycles. The molecular formula is C7H3FINS. The van der Waals surface area contributed by atoms with Crippen molar-refractivity contribution >= 4 is 35.2 Å². The molecule has 0 atom stereocenters. The van der Waals surface area contributed by atoms with E-state index in [1.807, 2.05) is 22.6 Å². The molecule has 0 N–H and O–H groups in total. The molecule has 11 heavy (non-hydrogen) atoms. The minimum absolute atomic E-state index is 0.0434. The van der Waals surface area contributed by atoms with Crippen LogP contribution in [0.1, 0.15) is 5.56 Å². The van der Waals surface area contributed by atoms with Gasteiger partial charge in [0.15, 0.2) is 5.82 Å². The molecule has 0 aliphatic rings. The molecule has 56 valence electrons. The Kier molecular flexibility index (Phi) is 2.73. The molecule has 1 rings (SSSR count). The number of benzene rings is 1. The Morgan fingerprint density at radius 2 is 2.18 bits per heavy atom. The minimum Gasteiger partial charge on any atom is -0.204 e. The molecule has 0 heterocycles. The number of rotatable bonds is 0. The highest BCUT2D eigenvalue weighted by Crippen LogP contribution is 2.19. The minimum atomic E-state index is -0.545. The van der Waals surface area contributed by atoms with Crippen LogP contribution < -0.4 is 0 Å². The van der Waals surface area contributed by atoms with Gasteiger partial charge in [0.25, 0.3) is 0 Å². The van der Waals surface area contributed by atoms with E-state index in [9.17, 15) is 4.39 Å². The van der Waals surface area contributed by atoms with E-state index in [2.05, 4.69) is 12.6 Å². The first kappa shape index (κ1) is 8.81. The lowest BCUT2D eigenvalue weighted by Crippen LogP contribution is -1.86. The van der Waals surface area contributed by atoms with E-state index in [1.54, 1.807) is 12.1 Å². The number of hydrogen-bond donors (Lipinski definition) is 1. The van der Waals surface area contributed by atoms with Gasteiger partial charge in [0.05, 0.1) is 5.56 Å². The third kappa shape index (κ3) is 1.84. The van der Waals surface area contributed by atoms with Gasteiger partial charge in [-0.3, -0.25) is 0 Å². The summed E-state index contributed by atoms with van der Waals surface area (Å²) in [5, 5.41) is 8.44. The van der Waals surface area contributed by atoms with Crippen molar-refractivity contribution in [2.45, 2.75) is 4.90 Å². The molecule has 0 saturated heterocycles. The Morgan fingerprint density at radius 1 is 1.55 bits per heavy atom. The summed E-state index contributed by atoms with van der Waals surface area (Å²) in [5.41, 5.74) is 0.0434. The topological polar surface area (TPSA) is 23.8 Å². The molecule has 0 fully saturated rings. The van der Waals surface area contributed by atoms with Gasteiger partial charge in [0.2, 0.25) is 0 Å². The van der Waals surface area contributed by atoms with Crippen LogP contribution in [0.15, 0.2) is 17.0 Å². The fraction of sp³-hybridized carbons (Fsp3) is 0. The summed E-state index contributed by atoms with van der Waals surface area (Å²) < 4.78 is 13.7. The van der Waals surface area contributed by atoms with E-state index < -0.39 is 5.82 Å². The highest BCUT2D eigenvalue weighted by Gasteiger charge is 2.05. The molecule has 0 saturated carbocycles. The molecule has 0 radical (unpaired) electrons. The lowest BCUT2D eigenvalue weighted by atomic mass is 10.2. The number of nitriles is 1. The molecule has 0 aliphatic carbocycles. The molecule has 1 aromatic rings. The largest absolute Gasteiger partial charge is 0.204 e. The van der Waals surface area contributed by atoms with E-state index >= 15 is 0 Å². The van der Waals surface area contributed by atoms with Gasteiger partial charge in [-0.05, 0) is 34.7 Å². The highest BCUT2D eigenvalue weighted by atomic mass is 127. The van der Waals surface area contributed by atoms with E-state index in [0.29, 0.717) is 0 Å². The first-order chi connectivity index (χ1) is 5.15. The first-order valence-electron chi connectivity index (χ1n) is 2.73. The molecular weight excluding hydrogens is 276 g/mol. The monoisotopic (exact) mass is 279 g/mol. The third-order valence-electron chi connectivity index (χ3n) is 1.14. The van der Waals surface area contributed by atoms with Gasteiger partial charge in [0.1, 0.15) is 6.07 Å². The van der Waals surface area contributed by atoms with Crippen LogP contribution in [-0.2, 0) is 0 Å². The summed E-state index contributed by atoms with van der Waals surface area (Å²) in [5.74, 6) is -0.545. The predicted molar refractivity (Wildman–Crippen MR) is 51.1 cm³/mol. The van der Waals surface area contributed by atoms with Gasteiger partial charge in [-0.1, -0.05) is 0 Å². The van der Waals surface area contributed by atoms with Gasteiger partial charge in [-0.15, -0.1) is 12.6 Å². The van der Waals surface area contributed by atoms with Gasteiger partial charge in [-0.25, -0.2) is 4.39 Å². The highest BCUT2D eigenvalue weighted by molar-refractivity contribution is 14.1. The molecule has 4 heteroatoms. The van der Waals surface area contributed by atoms with Gasteiger partial charge < -0.3 is 0 Å². The van der Waals surface area contributed by atoms with Crippen LogP contribution in [0.25, 0.3) is 0 Å². The Labute approximate surface area is 82.8 Å². The molecule has 1 aromatic carbocycles. The van der Waals surface area contributed by atoms with Crippen molar-refractivity contribution < 1.29 is 4.39 Å². The molecule has 0 spiro atoms. The van der Waals surface area contributed by atoms with Crippen molar-refractivity contribution in [3.63, 3.8) is 0 Å². The summed E-state index contributed by atoms with van der Waals surface area (Å²) >= 11 is 5.86. The molecule has 1 nitrogen and oxygen atoms in total.